The third-order valence-electron chi connectivity index (χ3n) is 5.29. The summed E-state index contributed by atoms with van der Waals surface area (Å²) in [7, 11) is 0. The van der Waals surface area contributed by atoms with Crippen LogP contribution in [0.1, 0.15) is 34.6 Å². The number of nitrogens with zero attached hydrogens (tertiary/aromatic N) is 1. The van der Waals surface area contributed by atoms with E-state index in [4.69, 9.17) is 4.74 Å². The van der Waals surface area contributed by atoms with Gasteiger partial charge < -0.3 is 4.74 Å². The monoisotopic (exact) mass is 315 g/mol. The van der Waals surface area contributed by atoms with Gasteiger partial charge in [0.25, 0.3) is 5.91 Å². The average Bonchev–Trinajstić information content (AvgIpc) is 3.08. The maximum atomic E-state index is 13.2. The summed E-state index contributed by atoms with van der Waals surface area (Å²) < 4.78 is 6.05. The number of ether oxygens (including phenoxy) is 1. The average molecular weight is 315 g/mol. The van der Waals surface area contributed by atoms with Crippen LogP contribution in [0.25, 0.3) is 10.8 Å². The molecular weight excluding hydrogens is 298 g/mol. The van der Waals surface area contributed by atoms with Crippen molar-refractivity contribution in [1.82, 2.24) is 4.90 Å². The van der Waals surface area contributed by atoms with E-state index in [1.165, 1.54) is 0 Å². The van der Waals surface area contributed by atoms with Crippen molar-refractivity contribution in [2.75, 3.05) is 6.61 Å². The highest BCUT2D eigenvalue weighted by Crippen LogP contribution is 2.50. The molecule has 2 aliphatic rings. The minimum atomic E-state index is -0.406. The Morgan fingerprint density at radius 2 is 1.67 bits per heavy atom. The molecule has 1 amide bonds. The van der Waals surface area contributed by atoms with Gasteiger partial charge in [-0.05, 0) is 35.4 Å². The van der Waals surface area contributed by atoms with Crippen molar-refractivity contribution in [3.8, 4) is 0 Å². The first-order chi connectivity index (χ1) is 11.7. The summed E-state index contributed by atoms with van der Waals surface area (Å²) in [6.07, 6.45) is -0.320. The summed E-state index contributed by atoms with van der Waals surface area (Å²) in [6, 6.07) is 22.3. The van der Waals surface area contributed by atoms with Crippen molar-refractivity contribution in [2.45, 2.75) is 18.7 Å². The Labute approximate surface area is 140 Å². The van der Waals surface area contributed by atoms with Gasteiger partial charge in [0.15, 0.2) is 6.23 Å². The molecule has 0 aromatic heterocycles. The zero-order valence-corrected chi connectivity index (χ0v) is 13.4. The summed E-state index contributed by atoms with van der Waals surface area (Å²) in [5.41, 5.74) is 2.49. The summed E-state index contributed by atoms with van der Waals surface area (Å²) in [4.78, 5) is 15.1. The number of hydrogen-bond donors (Lipinski definition) is 0. The van der Waals surface area contributed by atoms with Crippen LogP contribution in [0.5, 0.6) is 0 Å². The van der Waals surface area contributed by atoms with Gasteiger partial charge in [0, 0.05) is 11.1 Å². The molecular formula is C21H17NO2. The van der Waals surface area contributed by atoms with Crippen molar-refractivity contribution in [3.63, 3.8) is 0 Å². The van der Waals surface area contributed by atoms with Crippen LogP contribution >= 0.6 is 0 Å². The second kappa shape index (κ2) is 4.68. The lowest BCUT2D eigenvalue weighted by molar-refractivity contribution is 0.0229. The quantitative estimate of drug-likeness (QED) is 0.672. The predicted octanol–water partition coefficient (Wildman–Crippen LogP) is 4.24. The smallest absolute Gasteiger partial charge is 0.257 e. The maximum Gasteiger partial charge on any atom is 0.257 e. The molecule has 0 radical (unpaired) electrons. The van der Waals surface area contributed by atoms with Crippen LogP contribution in [0, 0.1) is 0 Å². The van der Waals surface area contributed by atoms with Crippen molar-refractivity contribution < 1.29 is 9.53 Å². The Morgan fingerprint density at radius 3 is 2.42 bits per heavy atom. The van der Waals surface area contributed by atoms with Gasteiger partial charge in [0.1, 0.15) is 0 Å². The van der Waals surface area contributed by atoms with Gasteiger partial charge in [-0.1, -0.05) is 54.6 Å². The fourth-order valence-corrected chi connectivity index (χ4v) is 4.04. The minimum Gasteiger partial charge on any atom is -0.351 e. The molecule has 2 atom stereocenters. The molecule has 24 heavy (non-hydrogen) atoms. The van der Waals surface area contributed by atoms with E-state index in [-0.39, 0.29) is 12.1 Å². The molecule has 0 spiro atoms. The van der Waals surface area contributed by atoms with E-state index in [0.717, 1.165) is 27.5 Å². The Bertz CT molecular complexity index is 966. The first-order valence-corrected chi connectivity index (χ1v) is 8.22. The summed E-state index contributed by atoms with van der Waals surface area (Å²) >= 11 is 0. The van der Waals surface area contributed by atoms with Crippen molar-refractivity contribution in [1.29, 1.82) is 0 Å². The molecule has 1 saturated heterocycles. The van der Waals surface area contributed by atoms with E-state index in [2.05, 4.69) is 25.1 Å². The first kappa shape index (κ1) is 13.8. The standard InChI is InChI=1S/C21H17NO2/c1-21-13-24-20(14-7-3-2-4-8-14)22(21)19(23)17-11-15-9-5-6-10-16(15)12-18(17)21/h2-12,20H,13H2,1H3/t20-,21-/m0/s1. The fourth-order valence-electron chi connectivity index (χ4n) is 4.04. The first-order valence-electron chi connectivity index (χ1n) is 8.22. The second-order valence-electron chi connectivity index (χ2n) is 6.77. The van der Waals surface area contributed by atoms with Gasteiger partial charge in [-0.25, -0.2) is 0 Å². The zero-order valence-electron chi connectivity index (χ0n) is 13.4. The van der Waals surface area contributed by atoms with E-state index < -0.39 is 5.54 Å². The van der Waals surface area contributed by atoms with Gasteiger partial charge >= 0.3 is 0 Å². The normalized spacial score (nSPS) is 25.1. The van der Waals surface area contributed by atoms with Crippen LogP contribution in [0.3, 0.4) is 0 Å². The number of rotatable bonds is 1. The Hall–Kier alpha value is -2.65. The van der Waals surface area contributed by atoms with E-state index in [0.29, 0.717) is 6.61 Å². The fraction of sp³-hybridized carbons (Fsp3) is 0.190. The highest BCUT2D eigenvalue weighted by atomic mass is 16.5. The number of benzene rings is 3. The van der Waals surface area contributed by atoms with E-state index in [1.807, 2.05) is 53.4 Å². The Morgan fingerprint density at radius 1 is 1.00 bits per heavy atom. The van der Waals surface area contributed by atoms with E-state index >= 15 is 0 Å². The number of carbonyl (C=O) groups is 1. The minimum absolute atomic E-state index is 0.0598. The van der Waals surface area contributed by atoms with Crippen LogP contribution in [-0.2, 0) is 10.3 Å². The third kappa shape index (κ3) is 1.68. The Kier molecular flexibility index (Phi) is 2.68. The van der Waals surface area contributed by atoms with E-state index in [9.17, 15) is 4.79 Å². The molecule has 2 heterocycles. The molecule has 0 aliphatic carbocycles. The van der Waals surface area contributed by atoms with Crippen LogP contribution in [0.2, 0.25) is 0 Å². The summed E-state index contributed by atoms with van der Waals surface area (Å²) in [5.74, 6) is 0.0598. The zero-order chi connectivity index (χ0) is 16.3. The Balaban J connectivity index is 1.69. The molecule has 0 unspecified atom stereocenters. The molecule has 2 aliphatic heterocycles. The lowest BCUT2D eigenvalue weighted by Gasteiger charge is -2.30. The maximum absolute atomic E-state index is 13.2. The number of hydrogen-bond acceptors (Lipinski definition) is 2. The molecule has 5 rings (SSSR count). The largest absolute Gasteiger partial charge is 0.351 e. The molecule has 3 heteroatoms. The molecule has 3 aromatic carbocycles. The van der Waals surface area contributed by atoms with E-state index in [1.54, 1.807) is 0 Å². The number of fused-ring (bicyclic) bond motifs is 4. The van der Waals surface area contributed by atoms with Crippen LogP contribution in [0.4, 0.5) is 0 Å². The van der Waals surface area contributed by atoms with Gasteiger partial charge in [-0.2, -0.15) is 0 Å². The summed E-state index contributed by atoms with van der Waals surface area (Å²) in [6.45, 7) is 2.62. The van der Waals surface area contributed by atoms with Crippen LogP contribution < -0.4 is 0 Å². The van der Waals surface area contributed by atoms with Crippen molar-refractivity contribution >= 4 is 16.7 Å². The molecule has 3 nitrogen and oxygen atoms in total. The van der Waals surface area contributed by atoms with Gasteiger partial charge in [0.05, 0.1) is 12.1 Å². The van der Waals surface area contributed by atoms with Gasteiger partial charge in [-0.3, -0.25) is 9.69 Å². The number of carbonyl (C=O) groups excluding carboxylic acids is 1. The van der Waals surface area contributed by atoms with Crippen molar-refractivity contribution in [2.24, 2.45) is 0 Å². The molecule has 118 valence electrons. The van der Waals surface area contributed by atoms with Crippen LogP contribution in [0.15, 0.2) is 66.7 Å². The SMILES string of the molecule is C[C@@]12CO[C@@H](c3ccccc3)N1C(=O)c1cc3ccccc3cc12. The second-order valence-corrected chi connectivity index (χ2v) is 6.77. The molecule has 0 saturated carbocycles. The lowest BCUT2D eigenvalue weighted by atomic mass is 9.90. The van der Waals surface area contributed by atoms with Crippen molar-refractivity contribution in [3.05, 3.63) is 83.4 Å². The predicted molar refractivity (Wildman–Crippen MR) is 92.6 cm³/mol. The highest BCUT2D eigenvalue weighted by molar-refractivity contribution is 6.04. The molecule has 0 N–H and O–H groups in total. The lowest BCUT2D eigenvalue weighted by Crippen LogP contribution is -2.38. The topological polar surface area (TPSA) is 29.5 Å². The number of amides is 1. The third-order valence-corrected chi connectivity index (χ3v) is 5.29. The van der Waals surface area contributed by atoms with Crippen LogP contribution in [-0.4, -0.2) is 17.4 Å². The van der Waals surface area contributed by atoms with Gasteiger partial charge in [-0.15, -0.1) is 0 Å². The van der Waals surface area contributed by atoms with Gasteiger partial charge in [0.2, 0.25) is 0 Å². The summed E-state index contributed by atoms with van der Waals surface area (Å²) in [5, 5.41) is 2.27. The molecule has 0 bridgehead atoms. The highest BCUT2D eigenvalue weighted by Gasteiger charge is 2.54. The molecule has 1 fully saturated rings. The molecule has 3 aromatic rings.